The third kappa shape index (κ3) is 5.47. The molecule has 0 amide bonds. The standard InChI is InChI=1S/C25H27NO4/c1-18-9-11-22(12-10-18)25(27)24-19(2)13-15-26(24)14-5-7-21-6-4-8-23(16-21)30-20(3)17-29-28/h4-13,15-16,20,28H,14,17H2,1-3H3/t20-/m0/s1. The zero-order chi connectivity index (χ0) is 21.5. The molecule has 1 heterocycles. The van der Waals surface area contributed by atoms with Gasteiger partial charge in [-0.1, -0.05) is 54.1 Å². The summed E-state index contributed by atoms with van der Waals surface area (Å²) < 4.78 is 7.67. The summed E-state index contributed by atoms with van der Waals surface area (Å²) in [7, 11) is 0. The molecule has 0 aliphatic rings. The molecule has 3 rings (SSSR count). The Morgan fingerprint density at radius 3 is 2.63 bits per heavy atom. The first-order valence-corrected chi connectivity index (χ1v) is 9.94. The molecule has 5 heteroatoms. The second-order valence-corrected chi connectivity index (χ2v) is 7.39. The van der Waals surface area contributed by atoms with E-state index >= 15 is 0 Å². The van der Waals surface area contributed by atoms with E-state index < -0.39 is 0 Å². The van der Waals surface area contributed by atoms with Crippen LogP contribution in [0.5, 0.6) is 5.75 Å². The van der Waals surface area contributed by atoms with Gasteiger partial charge in [-0.25, -0.2) is 4.89 Å². The number of aromatic nitrogens is 1. The minimum absolute atomic E-state index is 0.0291. The lowest BCUT2D eigenvalue weighted by Crippen LogP contribution is -2.18. The summed E-state index contributed by atoms with van der Waals surface area (Å²) in [6.07, 6.45) is 5.70. The molecule has 0 fully saturated rings. The molecule has 0 radical (unpaired) electrons. The van der Waals surface area contributed by atoms with Crippen LogP contribution in [0, 0.1) is 13.8 Å². The van der Waals surface area contributed by atoms with Crippen LogP contribution < -0.4 is 4.74 Å². The maximum atomic E-state index is 13.0. The molecular formula is C25H27NO4. The van der Waals surface area contributed by atoms with E-state index in [2.05, 4.69) is 4.89 Å². The topological polar surface area (TPSA) is 60.7 Å². The number of hydrogen-bond acceptors (Lipinski definition) is 4. The summed E-state index contributed by atoms with van der Waals surface area (Å²) in [5.74, 6) is 0.732. The van der Waals surface area contributed by atoms with Gasteiger partial charge < -0.3 is 9.30 Å². The lowest BCUT2D eigenvalue weighted by molar-refractivity contribution is -0.253. The number of allylic oxidation sites excluding steroid dienone is 1. The number of ketones is 1. The molecule has 3 aromatic rings. The zero-order valence-electron chi connectivity index (χ0n) is 17.5. The van der Waals surface area contributed by atoms with Gasteiger partial charge in [-0.15, -0.1) is 0 Å². The zero-order valence-corrected chi connectivity index (χ0v) is 17.5. The minimum Gasteiger partial charge on any atom is -0.488 e. The highest BCUT2D eigenvalue weighted by Gasteiger charge is 2.16. The van der Waals surface area contributed by atoms with Crippen molar-refractivity contribution in [3.05, 3.63) is 94.8 Å². The predicted molar refractivity (Wildman–Crippen MR) is 118 cm³/mol. The highest BCUT2D eigenvalue weighted by atomic mass is 17.1. The average molecular weight is 405 g/mol. The van der Waals surface area contributed by atoms with Gasteiger partial charge in [0.05, 0.1) is 5.69 Å². The van der Waals surface area contributed by atoms with Crippen molar-refractivity contribution in [1.29, 1.82) is 0 Å². The summed E-state index contributed by atoms with van der Waals surface area (Å²) in [4.78, 5) is 17.1. The van der Waals surface area contributed by atoms with E-state index in [9.17, 15) is 4.79 Å². The van der Waals surface area contributed by atoms with Crippen LogP contribution in [0.1, 0.15) is 39.7 Å². The highest BCUT2D eigenvalue weighted by molar-refractivity contribution is 6.08. The van der Waals surface area contributed by atoms with Gasteiger partial charge in [0.1, 0.15) is 18.5 Å². The molecule has 1 aromatic heterocycles. The van der Waals surface area contributed by atoms with Crippen LogP contribution in [0.2, 0.25) is 0 Å². The maximum Gasteiger partial charge on any atom is 0.209 e. The first-order valence-electron chi connectivity index (χ1n) is 9.94. The Balaban J connectivity index is 1.72. The lowest BCUT2D eigenvalue weighted by Gasteiger charge is -2.13. The van der Waals surface area contributed by atoms with E-state index in [1.54, 1.807) is 0 Å². The fraction of sp³-hybridized carbons (Fsp3) is 0.240. The second kappa shape index (κ2) is 10.1. The quantitative estimate of drug-likeness (QED) is 0.298. The van der Waals surface area contributed by atoms with Crippen molar-refractivity contribution in [1.82, 2.24) is 4.57 Å². The summed E-state index contributed by atoms with van der Waals surface area (Å²) in [6, 6.07) is 17.3. The molecule has 0 saturated heterocycles. The van der Waals surface area contributed by atoms with Crippen molar-refractivity contribution in [2.45, 2.75) is 33.4 Å². The van der Waals surface area contributed by atoms with Gasteiger partial charge in [-0.2, -0.15) is 0 Å². The fourth-order valence-electron chi connectivity index (χ4n) is 3.25. The second-order valence-electron chi connectivity index (χ2n) is 7.39. The van der Waals surface area contributed by atoms with Gasteiger partial charge in [0, 0.05) is 18.3 Å². The smallest absolute Gasteiger partial charge is 0.209 e. The van der Waals surface area contributed by atoms with Gasteiger partial charge in [0.15, 0.2) is 0 Å². The molecule has 0 saturated carbocycles. The first-order chi connectivity index (χ1) is 14.5. The maximum absolute atomic E-state index is 13.0. The van der Waals surface area contributed by atoms with Crippen molar-refractivity contribution >= 4 is 11.9 Å². The lowest BCUT2D eigenvalue weighted by atomic mass is 10.0. The Morgan fingerprint density at radius 2 is 1.90 bits per heavy atom. The molecule has 0 unspecified atom stereocenters. The van der Waals surface area contributed by atoms with Gasteiger partial charge in [-0.05, 0) is 50.1 Å². The third-order valence-corrected chi connectivity index (χ3v) is 4.81. The molecule has 30 heavy (non-hydrogen) atoms. The Labute approximate surface area is 177 Å². The van der Waals surface area contributed by atoms with Crippen LogP contribution >= 0.6 is 0 Å². The number of nitrogens with zero attached hydrogens (tertiary/aromatic N) is 1. The number of carbonyl (C=O) groups is 1. The van der Waals surface area contributed by atoms with Gasteiger partial charge in [0.2, 0.25) is 5.78 Å². The third-order valence-electron chi connectivity index (χ3n) is 4.81. The van der Waals surface area contributed by atoms with Crippen molar-refractivity contribution < 1.29 is 19.7 Å². The average Bonchev–Trinajstić information content (AvgIpc) is 3.09. The first kappa shape index (κ1) is 21.6. The molecule has 1 N–H and O–H groups in total. The Bertz CT molecular complexity index is 1020. The molecule has 0 spiro atoms. The van der Waals surface area contributed by atoms with Crippen molar-refractivity contribution in [2.75, 3.05) is 6.61 Å². The van der Waals surface area contributed by atoms with Crippen LogP contribution in [0.3, 0.4) is 0 Å². The highest BCUT2D eigenvalue weighted by Crippen LogP contribution is 2.18. The molecule has 0 aliphatic carbocycles. The number of ether oxygens (including phenoxy) is 1. The Hall–Kier alpha value is -3.15. The van der Waals surface area contributed by atoms with Crippen LogP contribution in [-0.4, -0.2) is 28.3 Å². The van der Waals surface area contributed by atoms with E-state index in [1.165, 1.54) is 0 Å². The van der Waals surface area contributed by atoms with Crippen molar-refractivity contribution in [3.63, 3.8) is 0 Å². The van der Waals surface area contributed by atoms with Crippen LogP contribution in [0.15, 0.2) is 66.9 Å². The van der Waals surface area contributed by atoms with E-state index in [-0.39, 0.29) is 18.5 Å². The van der Waals surface area contributed by atoms with E-state index in [4.69, 9.17) is 9.99 Å². The summed E-state index contributed by atoms with van der Waals surface area (Å²) in [5, 5.41) is 8.52. The molecule has 0 aliphatic heterocycles. The molecular weight excluding hydrogens is 378 g/mol. The van der Waals surface area contributed by atoms with E-state index in [0.29, 0.717) is 23.6 Å². The number of carbonyl (C=O) groups excluding carboxylic acids is 1. The molecule has 156 valence electrons. The fourth-order valence-corrected chi connectivity index (χ4v) is 3.25. The van der Waals surface area contributed by atoms with Crippen LogP contribution in [0.4, 0.5) is 0 Å². The van der Waals surface area contributed by atoms with Gasteiger partial charge in [-0.3, -0.25) is 10.1 Å². The largest absolute Gasteiger partial charge is 0.488 e. The molecule has 1 atom stereocenters. The van der Waals surface area contributed by atoms with Crippen LogP contribution in [-0.2, 0) is 11.4 Å². The number of benzene rings is 2. The molecule has 5 nitrogen and oxygen atoms in total. The number of hydrogen-bond donors (Lipinski definition) is 1. The minimum atomic E-state index is -0.257. The van der Waals surface area contributed by atoms with E-state index in [1.807, 2.05) is 98.3 Å². The SMILES string of the molecule is Cc1ccc(C(=O)c2c(C)ccn2CC=Cc2cccc(O[C@@H](C)COO)c2)cc1. The van der Waals surface area contributed by atoms with Crippen LogP contribution in [0.25, 0.3) is 6.08 Å². The molecule has 0 bridgehead atoms. The monoisotopic (exact) mass is 405 g/mol. The summed E-state index contributed by atoms with van der Waals surface area (Å²) in [5.41, 5.74) is 4.48. The number of aryl methyl sites for hydroxylation is 2. The van der Waals surface area contributed by atoms with Crippen molar-refractivity contribution in [3.8, 4) is 5.75 Å². The van der Waals surface area contributed by atoms with E-state index in [0.717, 1.165) is 16.7 Å². The summed E-state index contributed by atoms with van der Waals surface area (Å²) in [6.45, 7) is 6.47. The van der Waals surface area contributed by atoms with Gasteiger partial charge >= 0.3 is 0 Å². The van der Waals surface area contributed by atoms with Gasteiger partial charge in [0.25, 0.3) is 0 Å². The predicted octanol–water partition coefficient (Wildman–Crippen LogP) is 5.31. The van der Waals surface area contributed by atoms with Crippen molar-refractivity contribution in [2.24, 2.45) is 0 Å². The molecule has 2 aromatic carbocycles. The normalized spacial score (nSPS) is 12.3. The Kier molecular flexibility index (Phi) is 7.22. The number of rotatable bonds is 9. The Morgan fingerprint density at radius 1 is 1.13 bits per heavy atom. The summed E-state index contributed by atoms with van der Waals surface area (Å²) >= 11 is 0.